The second-order valence-electron chi connectivity index (χ2n) is 3.63. The van der Waals surface area contributed by atoms with Crippen LogP contribution in [0.3, 0.4) is 0 Å². The number of ether oxygens (including phenoxy) is 1. The van der Waals surface area contributed by atoms with Gasteiger partial charge in [-0.05, 0) is 6.07 Å². The van der Waals surface area contributed by atoms with Gasteiger partial charge < -0.3 is 14.7 Å². The molecule has 0 aliphatic heterocycles. The van der Waals surface area contributed by atoms with E-state index in [9.17, 15) is 9.50 Å². The second kappa shape index (κ2) is 7.04. The molecule has 0 aliphatic carbocycles. The lowest BCUT2D eigenvalue weighted by Crippen LogP contribution is -2.29. The maximum absolute atomic E-state index is 13.8. The molecule has 0 spiro atoms. The highest BCUT2D eigenvalue weighted by molar-refractivity contribution is 5.55. The Labute approximate surface area is 101 Å². The van der Waals surface area contributed by atoms with Gasteiger partial charge >= 0.3 is 0 Å². The molecule has 1 aromatic carbocycles. The van der Waals surface area contributed by atoms with Gasteiger partial charge in [0.1, 0.15) is 5.82 Å². The number of para-hydroxylation sites is 1. The molecular weight excluding hydrogens is 221 g/mol. The quantitative estimate of drug-likeness (QED) is 0.738. The molecule has 94 valence electrons. The summed E-state index contributed by atoms with van der Waals surface area (Å²) >= 11 is 0. The van der Waals surface area contributed by atoms with E-state index in [2.05, 4.69) is 6.58 Å². The molecule has 0 bridgehead atoms. The third-order valence-electron chi connectivity index (χ3n) is 2.47. The van der Waals surface area contributed by atoms with Gasteiger partial charge in [0.25, 0.3) is 0 Å². The van der Waals surface area contributed by atoms with E-state index in [1.807, 2.05) is 0 Å². The lowest BCUT2D eigenvalue weighted by Gasteiger charge is -2.25. The summed E-state index contributed by atoms with van der Waals surface area (Å²) in [7, 11) is 1.60. The smallest absolute Gasteiger partial charge is 0.146 e. The molecule has 1 N–H and O–H groups in total. The highest BCUT2D eigenvalue weighted by atomic mass is 19.1. The highest BCUT2D eigenvalue weighted by Gasteiger charge is 2.14. The molecule has 1 rings (SSSR count). The average molecular weight is 239 g/mol. The Hall–Kier alpha value is -1.39. The lowest BCUT2D eigenvalue weighted by atomic mass is 10.1. The van der Waals surface area contributed by atoms with E-state index >= 15 is 0 Å². The van der Waals surface area contributed by atoms with Crippen LogP contribution in [0.1, 0.15) is 5.56 Å². The van der Waals surface area contributed by atoms with E-state index in [0.29, 0.717) is 30.9 Å². The van der Waals surface area contributed by atoms with Gasteiger partial charge in [0.2, 0.25) is 0 Å². The van der Waals surface area contributed by atoms with E-state index in [1.165, 1.54) is 6.07 Å². The summed E-state index contributed by atoms with van der Waals surface area (Å²) in [5, 5.41) is 9.23. The van der Waals surface area contributed by atoms with Gasteiger partial charge in [0, 0.05) is 25.8 Å². The fraction of sp³-hybridized carbons (Fsp3) is 0.385. The van der Waals surface area contributed by atoms with Crippen molar-refractivity contribution in [2.75, 3.05) is 31.7 Å². The fourth-order valence-corrected chi connectivity index (χ4v) is 1.69. The van der Waals surface area contributed by atoms with Crippen molar-refractivity contribution >= 4 is 5.69 Å². The summed E-state index contributed by atoms with van der Waals surface area (Å²) in [6.45, 7) is 5.02. The summed E-state index contributed by atoms with van der Waals surface area (Å²) in [4.78, 5) is 1.80. The molecule has 0 aliphatic rings. The van der Waals surface area contributed by atoms with Crippen molar-refractivity contribution in [3.8, 4) is 0 Å². The number of methoxy groups -OCH3 is 1. The number of anilines is 1. The molecule has 17 heavy (non-hydrogen) atoms. The first-order valence-corrected chi connectivity index (χ1v) is 5.47. The van der Waals surface area contributed by atoms with Crippen LogP contribution in [-0.2, 0) is 11.3 Å². The molecule has 0 radical (unpaired) electrons. The fourth-order valence-electron chi connectivity index (χ4n) is 1.69. The zero-order valence-corrected chi connectivity index (χ0v) is 10.0. The molecule has 0 saturated carbocycles. The van der Waals surface area contributed by atoms with Gasteiger partial charge in [-0.15, -0.1) is 6.58 Å². The standard InChI is InChI=1S/C13H18FNO2/c1-3-7-15(8-9-17-2)13-11(10-16)5-4-6-12(13)14/h3-6,16H,1,7-10H2,2H3. The van der Waals surface area contributed by atoms with Crippen molar-refractivity contribution in [1.82, 2.24) is 0 Å². The van der Waals surface area contributed by atoms with E-state index in [-0.39, 0.29) is 12.4 Å². The Morgan fingerprint density at radius 1 is 1.53 bits per heavy atom. The van der Waals surface area contributed by atoms with E-state index < -0.39 is 0 Å². The van der Waals surface area contributed by atoms with Gasteiger partial charge in [0.05, 0.1) is 18.9 Å². The van der Waals surface area contributed by atoms with Crippen molar-refractivity contribution in [3.63, 3.8) is 0 Å². The summed E-state index contributed by atoms with van der Waals surface area (Å²) in [5.74, 6) is -0.338. The van der Waals surface area contributed by atoms with Gasteiger partial charge in [-0.2, -0.15) is 0 Å². The molecular formula is C13H18FNO2. The minimum Gasteiger partial charge on any atom is -0.392 e. The van der Waals surface area contributed by atoms with Crippen LogP contribution >= 0.6 is 0 Å². The van der Waals surface area contributed by atoms with Crippen LogP contribution in [0.5, 0.6) is 0 Å². The number of rotatable bonds is 7. The van der Waals surface area contributed by atoms with Crippen LogP contribution in [0.25, 0.3) is 0 Å². The minimum absolute atomic E-state index is 0.187. The molecule has 0 unspecified atom stereocenters. The maximum Gasteiger partial charge on any atom is 0.146 e. The van der Waals surface area contributed by atoms with Crippen LogP contribution in [0.4, 0.5) is 10.1 Å². The summed E-state index contributed by atoms with van der Waals surface area (Å²) < 4.78 is 18.8. The lowest BCUT2D eigenvalue weighted by molar-refractivity contribution is 0.205. The number of hydrogen-bond acceptors (Lipinski definition) is 3. The van der Waals surface area contributed by atoms with Crippen molar-refractivity contribution in [2.24, 2.45) is 0 Å². The SMILES string of the molecule is C=CCN(CCOC)c1c(F)cccc1CO. The zero-order chi connectivity index (χ0) is 12.7. The van der Waals surface area contributed by atoms with E-state index in [1.54, 1.807) is 30.2 Å². The summed E-state index contributed by atoms with van der Waals surface area (Å²) in [6.07, 6.45) is 1.70. The number of benzene rings is 1. The third-order valence-corrected chi connectivity index (χ3v) is 2.47. The normalized spacial score (nSPS) is 10.3. The Kier molecular flexibility index (Phi) is 5.66. The first-order valence-electron chi connectivity index (χ1n) is 5.47. The topological polar surface area (TPSA) is 32.7 Å². The average Bonchev–Trinajstić information content (AvgIpc) is 2.34. The van der Waals surface area contributed by atoms with Gasteiger partial charge in [0.15, 0.2) is 0 Å². The van der Waals surface area contributed by atoms with E-state index in [4.69, 9.17) is 4.74 Å². The van der Waals surface area contributed by atoms with Gasteiger partial charge in [-0.3, -0.25) is 0 Å². The number of halogens is 1. The van der Waals surface area contributed by atoms with Crippen molar-refractivity contribution in [2.45, 2.75) is 6.61 Å². The Balaban J connectivity index is 3.02. The largest absolute Gasteiger partial charge is 0.392 e. The van der Waals surface area contributed by atoms with Gasteiger partial charge in [-0.25, -0.2) is 4.39 Å². The molecule has 0 amide bonds. The number of aliphatic hydroxyl groups excluding tert-OH is 1. The van der Waals surface area contributed by atoms with Crippen LogP contribution in [0.15, 0.2) is 30.9 Å². The first-order chi connectivity index (χ1) is 8.24. The molecule has 0 heterocycles. The Morgan fingerprint density at radius 3 is 2.88 bits per heavy atom. The van der Waals surface area contributed by atoms with Gasteiger partial charge in [-0.1, -0.05) is 18.2 Å². The molecule has 4 heteroatoms. The zero-order valence-electron chi connectivity index (χ0n) is 10.0. The monoisotopic (exact) mass is 239 g/mol. The molecule has 0 atom stereocenters. The molecule has 3 nitrogen and oxygen atoms in total. The number of aliphatic hydroxyl groups is 1. The highest BCUT2D eigenvalue weighted by Crippen LogP contribution is 2.24. The Morgan fingerprint density at radius 2 is 2.29 bits per heavy atom. The third kappa shape index (κ3) is 3.54. The van der Waals surface area contributed by atoms with Crippen molar-refractivity contribution in [3.05, 3.63) is 42.2 Å². The Bertz CT molecular complexity index is 368. The predicted octanol–water partition coefficient (Wildman–Crippen LogP) is 1.96. The van der Waals surface area contributed by atoms with Crippen molar-refractivity contribution < 1.29 is 14.2 Å². The van der Waals surface area contributed by atoms with Crippen LogP contribution < -0.4 is 4.90 Å². The molecule has 0 fully saturated rings. The molecule has 1 aromatic rings. The first kappa shape index (κ1) is 13.7. The predicted molar refractivity (Wildman–Crippen MR) is 66.6 cm³/mol. The molecule has 0 saturated heterocycles. The summed E-state index contributed by atoms with van der Waals surface area (Å²) in [6, 6.07) is 4.69. The van der Waals surface area contributed by atoms with Crippen molar-refractivity contribution in [1.29, 1.82) is 0 Å². The number of hydrogen-bond donors (Lipinski definition) is 1. The van der Waals surface area contributed by atoms with Crippen LogP contribution in [-0.4, -0.2) is 31.9 Å². The maximum atomic E-state index is 13.8. The second-order valence-corrected chi connectivity index (χ2v) is 3.63. The number of nitrogens with zero attached hydrogens (tertiary/aromatic N) is 1. The summed E-state index contributed by atoms with van der Waals surface area (Å²) in [5.41, 5.74) is 0.995. The van der Waals surface area contributed by atoms with Crippen LogP contribution in [0.2, 0.25) is 0 Å². The molecule has 0 aromatic heterocycles. The van der Waals surface area contributed by atoms with Crippen LogP contribution in [0, 0.1) is 5.82 Å². The van der Waals surface area contributed by atoms with E-state index in [0.717, 1.165) is 0 Å². The minimum atomic E-state index is -0.338.